The third-order valence-electron chi connectivity index (χ3n) is 2.72. The maximum absolute atomic E-state index is 11.8. The first-order chi connectivity index (χ1) is 9.08. The SMILES string of the molecule is CC[C@@H](N)C(=O)Nc1ccc(C)cc1OCCOC. The van der Waals surface area contributed by atoms with Crippen molar-refractivity contribution in [3.63, 3.8) is 0 Å². The molecular weight excluding hydrogens is 244 g/mol. The topological polar surface area (TPSA) is 73.6 Å². The summed E-state index contributed by atoms with van der Waals surface area (Å²) in [6.07, 6.45) is 0.595. The van der Waals surface area contributed by atoms with E-state index >= 15 is 0 Å². The van der Waals surface area contributed by atoms with Gasteiger partial charge < -0.3 is 20.5 Å². The van der Waals surface area contributed by atoms with Crippen LogP contribution in [0.15, 0.2) is 18.2 Å². The lowest BCUT2D eigenvalue weighted by molar-refractivity contribution is -0.117. The molecule has 0 bridgehead atoms. The fraction of sp³-hybridized carbons (Fsp3) is 0.500. The molecule has 0 fully saturated rings. The summed E-state index contributed by atoms with van der Waals surface area (Å²) in [5.41, 5.74) is 7.39. The van der Waals surface area contributed by atoms with E-state index in [1.165, 1.54) is 0 Å². The molecule has 0 spiro atoms. The lowest BCUT2D eigenvalue weighted by Crippen LogP contribution is -2.34. The second kappa shape index (κ2) is 7.76. The number of hydrogen-bond donors (Lipinski definition) is 2. The van der Waals surface area contributed by atoms with Crippen LogP contribution in [0.5, 0.6) is 5.75 Å². The molecule has 0 aromatic heterocycles. The minimum atomic E-state index is -0.506. The van der Waals surface area contributed by atoms with Gasteiger partial charge in [-0.1, -0.05) is 13.0 Å². The standard InChI is InChI=1S/C14H22N2O3/c1-4-11(15)14(17)16-12-6-5-10(2)9-13(12)19-8-7-18-3/h5-6,9,11H,4,7-8,15H2,1-3H3,(H,16,17)/t11-/m1/s1. The number of ether oxygens (including phenoxy) is 2. The van der Waals surface area contributed by atoms with Crippen LogP contribution in [0.25, 0.3) is 0 Å². The van der Waals surface area contributed by atoms with Crippen LogP contribution >= 0.6 is 0 Å². The van der Waals surface area contributed by atoms with Gasteiger partial charge in [0.25, 0.3) is 0 Å². The maximum atomic E-state index is 11.8. The molecule has 5 heteroatoms. The lowest BCUT2D eigenvalue weighted by Gasteiger charge is -2.15. The number of aryl methyl sites for hydroxylation is 1. The predicted molar refractivity (Wildman–Crippen MR) is 75.4 cm³/mol. The van der Waals surface area contributed by atoms with Gasteiger partial charge in [0.1, 0.15) is 12.4 Å². The molecule has 3 N–H and O–H groups in total. The van der Waals surface area contributed by atoms with E-state index in [4.69, 9.17) is 15.2 Å². The van der Waals surface area contributed by atoms with Crippen molar-refractivity contribution >= 4 is 11.6 Å². The molecule has 0 saturated carbocycles. The molecule has 0 aliphatic rings. The zero-order valence-electron chi connectivity index (χ0n) is 11.7. The number of nitrogens with one attached hydrogen (secondary N) is 1. The van der Waals surface area contributed by atoms with Crippen LogP contribution in [0.4, 0.5) is 5.69 Å². The number of anilines is 1. The Labute approximate surface area is 114 Å². The lowest BCUT2D eigenvalue weighted by atomic mass is 10.2. The van der Waals surface area contributed by atoms with E-state index in [0.29, 0.717) is 31.1 Å². The van der Waals surface area contributed by atoms with Gasteiger partial charge in [0.05, 0.1) is 18.3 Å². The number of benzene rings is 1. The molecule has 5 nitrogen and oxygen atoms in total. The summed E-state index contributed by atoms with van der Waals surface area (Å²) in [5.74, 6) is 0.427. The molecule has 0 radical (unpaired) electrons. The monoisotopic (exact) mass is 266 g/mol. The summed E-state index contributed by atoms with van der Waals surface area (Å²) in [6, 6.07) is 5.10. The molecule has 1 aromatic rings. The Morgan fingerprint density at radius 3 is 2.79 bits per heavy atom. The number of carbonyl (C=O) groups is 1. The smallest absolute Gasteiger partial charge is 0.241 e. The molecule has 1 rings (SSSR count). The highest BCUT2D eigenvalue weighted by molar-refractivity contribution is 5.95. The van der Waals surface area contributed by atoms with Crippen molar-refractivity contribution in [1.82, 2.24) is 0 Å². The zero-order chi connectivity index (χ0) is 14.3. The molecular formula is C14H22N2O3. The number of hydrogen-bond acceptors (Lipinski definition) is 4. The average Bonchev–Trinajstić information content (AvgIpc) is 2.40. The molecule has 1 atom stereocenters. The van der Waals surface area contributed by atoms with Crippen LogP contribution in [0.2, 0.25) is 0 Å². The van der Waals surface area contributed by atoms with Gasteiger partial charge in [0.15, 0.2) is 0 Å². The minimum Gasteiger partial charge on any atom is -0.489 e. The van der Waals surface area contributed by atoms with Crippen LogP contribution in [0.3, 0.4) is 0 Å². The van der Waals surface area contributed by atoms with Crippen LogP contribution in [0, 0.1) is 6.92 Å². The van der Waals surface area contributed by atoms with Gasteiger partial charge in [-0.25, -0.2) is 0 Å². The van der Waals surface area contributed by atoms with Crippen molar-refractivity contribution in [2.45, 2.75) is 26.3 Å². The minimum absolute atomic E-state index is 0.206. The second-order valence-electron chi connectivity index (χ2n) is 4.34. The van der Waals surface area contributed by atoms with Gasteiger partial charge in [-0.2, -0.15) is 0 Å². The van der Waals surface area contributed by atoms with E-state index in [1.807, 2.05) is 32.0 Å². The Hall–Kier alpha value is -1.59. The van der Waals surface area contributed by atoms with Gasteiger partial charge in [-0.05, 0) is 31.0 Å². The molecule has 106 valence electrons. The molecule has 19 heavy (non-hydrogen) atoms. The van der Waals surface area contributed by atoms with Gasteiger partial charge in [0, 0.05) is 7.11 Å². The Morgan fingerprint density at radius 2 is 2.16 bits per heavy atom. The maximum Gasteiger partial charge on any atom is 0.241 e. The summed E-state index contributed by atoms with van der Waals surface area (Å²) >= 11 is 0. The largest absolute Gasteiger partial charge is 0.489 e. The molecule has 0 unspecified atom stereocenters. The Kier molecular flexibility index (Phi) is 6.32. The van der Waals surface area contributed by atoms with Crippen LogP contribution < -0.4 is 15.8 Å². The third kappa shape index (κ3) is 4.89. The van der Waals surface area contributed by atoms with E-state index in [-0.39, 0.29) is 5.91 Å². The van der Waals surface area contributed by atoms with Crippen LogP contribution in [-0.2, 0) is 9.53 Å². The average molecular weight is 266 g/mol. The molecule has 0 aliphatic heterocycles. The third-order valence-corrected chi connectivity index (χ3v) is 2.72. The first-order valence-electron chi connectivity index (χ1n) is 6.37. The van der Waals surface area contributed by atoms with Crippen molar-refractivity contribution in [3.05, 3.63) is 23.8 Å². The second-order valence-corrected chi connectivity index (χ2v) is 4.34. The first kappa shape index (κ1) is 15.5. The summed E-state index contributed by atoms with van der Waals surface area (Å²) in [5, 5.41) is 2.79. The molecule has 0 heterocycles. The fourth-order valence-corrected chi connectivity index (χ4v) is 1.50. The molecule has 1 aromatic carbocycles. The van der Waals surface area contributed by atoms with Gasteiger partial charge >= 0.3 is 0 Å². The highest BCUT2D eigenvalue weighted by atomic mass is 16.5. The Bertz CT molecular complexity index is 421. The van der Waals surface area contributed by atoms with E-state index in [1.54, 1.807) is 7.11 Å². The summed E-state index contributed by atoms with van der Waals surface area (Å²) in [6.45, 7) is 4.76. The molecule has 0 saturated heterocycles. The molecule has 0 aliphatic carbocycles. The van der Waals surface area contributed by atoms with Crippen LogP contribution in [0.1, 0.15) is 18.9 Å². The number of rotatable bonds is 7. The number of carbonyl (C=O) groups excluding carboxylic acids is 1. The highest BCUT2D eigenvalue weighted by Gasteiger charge is 2.13. The Balaban J connectivity index is 2.78. The number of methoxy groups -OCH3 is 1. The quantitative estimate of drug-likeness (QED) is 0.737. The van der Waals surface area contributed by atoms with Crippen LogP contribution in [-0.4, -0.2) is 32.3 Å². The van der Waals surface area contributed by atoms with E-state index in [0.717, 1.165) is 5.56 Å². The van der Waals surface area contributed by atoms with Crippen molar-refractivity contribution in [1.29, 1.82) is 0 Å². The summed E-state index contributed by atoms with van der Waals surface area (Å²) in [7, 11) is 1.61. The van der Waals surface area contributed by atoms with E-state index in [2.05, 4.69) is 5.32 Å². The predicted octanol–water partition coefficient (Wildman–Crippen LogP) is 1.70. The highest BCUT2D eigenvalue weighted by Crippen LogP contribution is 2.25. The number of nitrogens with two attached hydrogens (primary N) is 1. The van der Waals surface area contributed by atoms with Crippen molar-refractivity contribution < 1.29 is 14.3 Å². The van der Waals surface area contributed by atoms with E-state index in [9.17, 15) is 4.79 Å². The Morgan fingerprint density at radius 1 is 1.42 bits per heavy atom. The van der Waals surface area contributed by atoms with Gasteiger partial charge in [-0.3, -0.25) is 4.79 Å². The van der Waals surface area contributed by atoms with Crippen molar-refractivity contribution in [2.24, 2.45) is 5.73 Å². The fourth-order valence-electron chi connectivity index (χ4n) is 1.50. The summed E-state index contributed by atoms with van der Waals surface area (Å²) < 4.78 is 10.5. The number of amides is 1. The van der Waals surface area contributed by atoms with Crippen molar-refractivity contribution in [2.75, 3.05) is 25.6 Å². The van der Waals surface area contributed by atoms with Crippen molar-refractivity contribution in [3.8, 4) is 5.75 Å². The van der Waals surface area contributed by atoms with E-state index < -0.39 is 6.04 Å². The molecule has 1 amide bonds. The zero-order valence-corrected chi connectivity index (χ0v) is 11.7. The van der Waals surface area contributed by atoms with Gasteiger partial charge in [-0.15, -0.1) is 0 Å². The first-order valence-corrected chi connectivity index (χ1v) is 6.37. The van der Waals surface area contributed by atoms with Gasteiger partial charge in [0.2, 0.25) is 5.91 Å². The normalized spacial score (nSPS) is 12.0. The summed E-state index contributed by atoms with van der Waals surface area (Å²) in [4.78, 5) is 11.8.